The molecule has 0 aliphatic rings. The fourth-order valence-corrected chi connectivity index (χ4v) is 3.99. The van der Waals surface area contributed by atoms with Crippen molar-refractivity contribution in [3.05, 3.63) is 90.5 Å². The highest BCUT2D eigenvalue weighted by atomic mass is 32.2. The summed E-state index contributed by atoms with van der Waals surface area (Å²) in [7, 11) is -2.15. The van der Waals surface area contributed by atoms with E-state index in [1.54, 1.807) is 43.5 Å². The number of methoxy groups -OCH3 is 1. The Morgan fingerprint density at radius 3 is 1.92 bits per heavy atom. The lowest BCUT2D eigenvalue weighted by Gasteiger charge is -2.24. The van der Waals surface area contributed by atoms with Crippen LogP contribution in [0.15, 0.2) is 89.8 Å². The first-order valence-electron chi connectivity index (χ1n) is 7.87. The van der Waals surface area contributed by atoms with Crippen LogP contribution in [0.3, 0.4) is 0 Å². The van der Waals surface area contributed by atoms with E-state index >= 15 is 0 Å². The fraction of sp³-hybridized carbons (Fsp3) is 0.100. The Morgan fingerprint density at radius 1 is 0.800 bits per heavy atom. The molecule has 25 heavy (non-hydrogen) atoms. The molecule has 4 nitrogen and oxygen atoms in total. The second-order valence-corrected chi connectivity index (χ2v) is 7.37. The minimum absolute atomic E-state index is 0.230. The predicted octanol–water partition coefficient (Wildman–Crippen LogP) is 4.09. The van der Waals surface area contributed by atoms with E-state index in [2.05, 4.69) is 0 Å². The molecule has 0 atom stereocenters. The molecule has 0 bridgehead atoms. The van der Waals surface area contributed by atoms with Crippen molar-refractivity contribution >= 4 is 15.7 Å². The molecule has 0 aliphatic heterocycles. The molecule has 0 unspecified atom stereocenters. The Labute approximate surface area is 148 Å². The zero-order valence-electron chi connectivity index (χ0n) is 13.9. The van der Waals surface area contributed by atoms with Crippen LogP contribution in [0.5, 0.6) is 5.75 Å². The van der Waals surface area contributed by atoms with Gasteiger partial charge in [-0.2, -0.15) is 0 Å². The third-order valence-electron chi connectivity index (χ3n) is 3.86. The Balaban J connectivity index is 2.03. The Hall–Kier alpha value is -2.79. The highest BCUT2D eigenvalue weighted by Gasteiger charge is 2.25. The molecule has 0 heterocycles. The van der Waals surface area contributed by atoms with Gasteiger partial charge in [-0.3, -0.25) is 4.31 Å². The van der Waals surface area contributed by atoms with Crippen molar-refractivity contribution < 1.29 is 13.2 Å². The van der Waals surface area contributed by atoms with Crippen LogP contribution in [0.4, 0.5) is 5.69 Å². The number of para-hydroxylation sites is 1. The van der Waals surface area contributed by atoms with Gasteiger partial charge in [0.2, 0.25) is 0 Å². The molecule has 0 saturated carbocycles. The van der Waals surface area contributed by atoms with Gasteiger partial charge in [0.15, 0.2) is 0 Å². The zero-order valence-corrected chi connectivity index (χ0v) is 14.7. The van der Waals surface area contributed by atoms with Gasteiger partial charge in [-0.05, 0) is 42.0 Å². The Bertz CT molecular complexity index is 908. The number of nitrogens with zero attached hydrogens (tertiary/aromatic N) is 1. The van der Waals surface area contributed by atoms with Gasteiger partial charge in [0, 0.05) is 0 Å². The van der Waals surface area contributed by atoms with Gasteiger partial charge in [-0.25, -0.2) is 8.42 Å². The largest absolute Gasteiger partial charge is 0.497 e. The van der Waals surface area contributed by atoms with E-state index in [1.165, 1.54) is 4.31 Å². The lowest BCUT2D eigenvalue weighted by atomic mass is 10.2. The molecule has 3 aromatic carbocycles. The molecular weight excluding hydrogens is 334 g/mol. The van der Waals surface area contributed by atoms with Crippen LogP contribution in [0.2, 0.25) is 0 Å². The predicted molar refractivity (Wildman–Crippen MR) is 99.2 cm³/mol. The van der Waals surface area contributed by atoms with E-state index in [4.69, 9.17) is 4.74 Å². The standard InChI is InChI=1S/C20H19NO3S/c1-24-19-12-14-20(15-13-19)25(22,23)21(18-10-6-3-7-11-18)16-17-8-4-2-5-9-17/h2-15H,16H2,1H3. The molecule has 0 amide bonds. The number of hydrogen-bond acceptors (Lipinski definition) is 3. The summed E-state index contributed by atoms with van der Waals surface area (Å²) in [5.41, 5.74) is 1.55. The maximum atomic E-state index is 13.2. The number of rotatable bonds is 6. The summed E-state index contributed by atoms with van der Waals surface area (Å²) < 4.78 is 33.0. The molecule has 0 aliphatic carbocycles. The summed E-state index contributed by atoms with van der Waals surface area (Å²) >= 11 is 0. The minimum atomic E-state index is -3.70. The Kier molecular flexibility index (Phi) is 5.05. The van der Waals surface area contributed by atoms with Crippen molar-refractivity contribution in [2.24, 2.45) is 0 Å². The van der Waals surface area contributed by atoms with Gasteiger partial charge in [0.05, 0.1) is 24.2 Å². The zero-order chi connectivity index (χ0) is 17.7. The number of benzene rings is 3. The van der Waals surface area contributed by atoms with Crippen molar-refractivity contribution in [2.45, 2.75) is 11.4 Å². The molecule has 3 aromatic rings. The molecule has 128 valence electrons. The summed E-state index contributed by atoms with van der Waals surface area (Å²) in [5.74, 6) is 0.619. The summed E-state index contributed by atoms with van der Waals surface area (Å²) in [5, 5.41) is 0. The second-order valence-electron chi connectivity index (χ2n) is 5.51. The van der Waals surface area contributed by atoms with Gasteiger partial charge in [0.1, 0.15) is 5.75 Å². The summed E-state index contributed by atoms with van der Waals surface area (Å²) in [4.78, 5) is 0.230. The van der Waals surface area contributed by atoms with Crippen LogP contribution >= 0.6 is 0 Å². The molecule has 0 saturated heterocycles. The first kappa shape index (κ1) is 17.0. The first-order valence-corrected chi connectivity index (χ1v) is 9.31. The van der Waals surface area contributed by atoms with Crippen LogP contribution in [-0.4, -0.2) is 15.5 Å². The molecular formula is C20H19NO3S. The van der Waals surface area contributed by atoms with Crippen molar-refractivity contribution in [2.75, 3.05) is 11.4 Å². The normalized spacial score (nSPS) is 11.1. The van der Waals surface area contributed by atoms with Crippen LogP contribution in [-0.2, 0) is 16.6 Å². The number of ether oxygens (including phenoxy) is 1. The highest BCUT2D eigenvalue weighted by molar-refractivity contribution is 7.92. The molecule has 5 heteroatoms. The van der Waals surface area contributed by atoms with Crippen LogP contribution < -0.4 is 9.04 Å². The van der Waals surface area contributed by atoms with Crippen molar-refractivity contribution in [3.63, 3.8) is 0 Å². The summed E-state index contributed by atoms with van der Waals surface area (Å²) in [6.07, 6.45) is 0. The van der Waals surface area contributed by atoms with E-state index in [9.17, 15) is 8.42 Å². The van der Waals surface area contributed by atoms with E-state index in [1.807, 2.05) is 48.5 Å². The molecule has 0 radical (unpaired) electrons. The third-order valence-corrected chi connectivity index (χ3v) is 5.65. The SMILES string of the molecule is COc1ccc(S(=O)(=O)N(Cc2ccccc2)c2ccccc2)cc1. The summed E-state index contributed by atoms with van der Waals surface area (Å²) in [6.45, 7) is 0.263. The molecule has 0 spiro atoms. The Morgan fingerprint density at radius 2 is 1.36 bits per heavy atom. The molecule has 0 N–H and O–H groups in total. The lowest BCUT2D eigenvalue weighted by Crippen LogP contribution is -2.30. The van der Waals surface area contributed by atoms with Crippen molar-refractivity contribution in [1.82, 2.24) is 0 Å². The quantitative estimate of drug-likeness (QED) is 0.670. The van der Waals surface area contributed by atoms with Crippen LogP contribution in [0.1, 0.15) is 5.56 Å². The van der Waals surface area contributed by atoms with Crippen LogP contribution in [0, 0.1) is 0 Å². The highest BCUT2D eigenvalue weighted by Crippen LogP contribution is 2.26. The minimum Gasteiger partial charge on any atom is -0.497 e. The average molecular weight is 353 g/mol. The van der Waals surface area contributed by atoms with Gasteiger partial charge in [-0.1, -0.05) is 48.5 Å². The molecule has 3 rings (SSSR count). The van der Waals surface area contributed by atoms with Crippen LogP contribution in [0.25, 0.3) is 0 Å². The topological polar surface area (TPSA) is 46.6 Å². The van der Waals surface area contributed by atoms with E-state index in [-0.39, 0.29) is 11.4 Å². The number of hydrogen-bond donors (Lipinski definition) is 0. The molecule has 0 aromatic heterocycles. The first-order chi connectivity index (χ1) is 12.1. The lowest BCUT2D eigenvalue weighted by molar-refractivity contribution is 0.414. The van der Waals surface area contributed by atoms with Crippen molar-refractivity contribution in [3.8, 4) is 5.75 Å². The number of sulfonamides is 1. The van der Waals surface area contributed by atoms with Gasteiger partial charge < -0.3 is 4.74 Å². The van der Waals surface area contributed by atoms with Gasteiger partial charge in [-0.15, -0.1) is 0 Å². The van der Waals surface area contributed by atoms with Gasteiger partial charge >= 0.3 is 0 Å². The maximum absolute atomic E-state index is 13.2. The fourth-order valence-electron chi connectivity index (χ4n) is 2.53. The monoisotopic (exact) mass is 353 g/mol. The third kappa shape index (κ3) is 3.83. The van der Waals surface area contributed by atoms with E-state index in [0.29, 0.717) is 11.4 Å². The maximum Gasteiger partial charge on any atom is 0.264 e. The van der Waals surface area contributed by atoms with E-state index in [0.717, 1.165) is 5.56 Å². The van der Waals surface area contributed by atoms with Crippen molar-refractivity contribution in [1.29, 1.82) is 0 Å². The summed E-state index contributed by atoms with van der Waals surface area (Å²) in [6, 6.07) is 25.1. The second kappa shape index (κ2) is 7.40. The average Bonchev–Trinajstić information content (AvgIpc) is 2.67. The smallest absolute Gasteiger partial charge is 0.264 e. The van der Waals surface area contributed by atoms with Gasteiger partial charge in [0.25, 0.3) is 10.0 Å². The molecule has 0 fully saturated rings. The number of anilines is 1. The van der Waals surface area contributed by atoms with E-state index < -0.39 is 10.0 Å².